The SMILES string of the molecule is Cc1cc(C=O)ccc1N1CC(=O)NC(=O)C1. The van der Waals surface area contributed by atoms with Crippen LogP contribution in [0.3, 0.4) is 0 Å². The molecule has 1 aromatic carbocycles. The van der Waals surface area contributed by atoms with Crippen LogP contribution < -0.4 is 10.2 Å². The largest absolute Gasteiger partial charge is 0.353 e. The highest BCUT2D eigenvalue weighted by Crippen LogP contribution is 2.21. The molecule has 0 bridgehead atoms. The van der Waals surface area contributed by atoms with E-state index in [2.05, 4.69) is 5.32 Å². The Morgan fingerprint density at radius 2 is 1.88 bits per heavy atom. The van der Waals surface area contributed by atoms with Crippen LogP contribution in [0.25, 0.3) is 0 Å². The maximum Gasteiger partial charge on any atom is 0.246 e. The van der Waals surface area contributed by atoms with Crippen molar-refractivity contribution in [2.75, 3.05) is 18.0 Å². The van der Waals surface area contributed by atoms with E-state index in [4.69, 9.17) is 0 Å². The fourth-order valence-corrected chi connectivity index (χ4v) is 1.91. The van der Waals surface area contributed by atoms with Crippen LogP contribution in [-0.2, 0) is 9.59 Å². The van der Waals surface area contributed by atoms with E-state index in [1.54, 1.807) is 23.1 Å². The number of hydrogen-bond donors (Lipinski definition) is 1. The highest BCUT2D eigenvalue weighted by atomic mass is 16.2. The van der Waals surface area contributed by atoms with Gasteiger partial charge in [0.1, 0.15) is 6.29 Å². The Labute approximate surface area is 98.4 Å². The van der Waals surface area contributed by atoms with Gasteiger partial charge in [-0.2, -0.15) is 0 Å². The first-order valence-corrected chi connectivity index (χ1v) is 5.23. The molecule has 1 N–H and O–H groups in total. The number of aryl methyl sites for hydroxylation is 1. The van der Waals surface area contributed by atoms with Gasteiger partial charge in [-0.15, -0.1) is 0 Å². The predicted octanol–water partition coefficient (Wildman–Crippen LogP) is 0.270. The molecule has 0 spiro atoms. The highest BCUT2D eigenvalue weighted by molar-refractivity contribution is 6.02. The number of piperazine rings is 1. The number of carbonyl (C=O) groups is 3. The summed E-state index contributed by atoms with van der Waals surface area (Å²) in [5.74, 6) is -0.611. The van der Waals surface area contributed by atoms with E-state index >= 15 is 0 Å². The molecule has 0 aromatic heterocycles. The van der Waals surface area contributed by atoms with Crippen molar-refractivity contribution >= 4 is 23.8 Å². The van der Waals surface area contributed by atoms with Crippen LogP contribution in [0.4, 0.5) is 5.69 Å². The van der Waals surface area contributed by atoms with E-state index in [1.807, 2.05) is 6.92 Å². The van der Waals surface area contributed by atoms with Gasteiger partial charge in [-0.25, -0.2) is 0 Å². The van der Waals surface area contributed by atoms with Gasteiger partial charge in [-0.1, -0.05) is 0 Å². The summed E-state index contributed by atoms with van der Waals surface area (Å²) in [5, 5.41) is 2.25. The quantitative estimate of drug-likeness (QED) is 0.587. The third-order valence-corrected chi connectivity index (χ3v) is 2.65. The van der Waals surface area contributed by atoms with Gasteiger partial charge >= 0.3 is 0 Å². The topological polar surface area (TPSA) is 66.5 Å². The normalized spacial score (nSPS) is 15.7. The Kier molecular flexibility index (Phi) is 2.91. The Balaban J connectivity index is 2.30. The van der Waals surface area contributed by atoms with Gasteiger partial charge in [0.25, 0.3) is 0 Å². The van der Waals surface area contributed by atoms with E-state index in [-0.39, 0.29) is 24.9 Å². The van der Waals surface area contributed by atoms with Crippen molar-refractivity contribution in [3.05, 3.63) is 29.3 Å². The summed E-state index contributed by atoms with van der Waals surface area (Å²) in [5.41, 5.74) is 2.26. The molecule has 1 heterocycles. The third kappa shape index (κ3) is 2.33. The van der Waals surface area contributed by atoms with E-state index in [0.717, 1.165) is 17.5 Å². The lowest BCUT2D eigenvalue weighted by Crippen LogP contribution is -2.51. The minimum atomic E-state index is -0.305. The van der Waals surface area contributed by atoms with E-state index < -0.39 is 0 Å². The number of anilines is 1. The van der Waals surface area contributed by atoms with E-state index in [1.165, 1.54) is 0 Å². The van der Waals surface area contributed by atoms with Crippen molar-refractivity contribution in [3.8, 4) is 0 Å². The average molecular weight is 232 g/mol. The van der Waals surface area contributed by atoms with E-state index in [0.29, 0.717) is 5.56 Å². The molecular weight excluding hydrogens is 220 g/mol. The molecule has 0 radical (unpaired) electrons. The number of amides is 2. The molecule has 1 fully saturated rings. The summed E-state index contributed by atoms with van der Waals surface area (Å²) in [6, 6.07) is 5.16. The van der Waals surface area contributed by atoms with Gasteiger partial charge < -0.3 is 4.90 Å². The van der Waals surface area contributed by atoms with Crippen molar-refractivity contribution in [1.29, 1.82) is 0 Å². The van der Waals surface area contributed by atoms with Gasteiger partial charge in [0, 0.05) is 11.3 Å². The molecule has 1 aliphatic heterocycles. The number of nitrogens with one attached hydrogen (secondary N) is 1. The van der Waals surface area contributed by atoms with Crippen molar-refractivity contribution < 1.29 is 14.4 Å². The second kappa shape index (κ2) is 4.37. The van der Waals surface area contributed by atoms with Crippen molar-refractivity contribution in [3.63, 3.8) is 0 Å². The summed E-state index contributed by atoms with van der Waals surface area (Å²) in [4.78, 5) is 34.8. The first-order chi connectivity index (χ1) is 8.10. The molecule has 17 heavy (non-hydrogen) atoms. The average Bonchev–Trinajstić information content (AvgIpc) is 2.27. The zero-order chi connectivity index (χ0) is 12.4. The molecule has 5 nitrogen and oxygen atoms in total. The molecule has 0 saturated carbocycles. The minimum absolute atomic E-state index is 0.160. The predicted molar refractivity (Wildman–Crippen MR) is 61.9 cm³/mol. The Hall–Kier alpha value is -2.17. The Morgan fingerprint density at radius 3 is 2.41 bits per heavy atom. The standard InChI is InChI=1S/C12H12N2O3/c1-8-4-9(7-15)2-3-10(8)14-5-11(16)13-12(17)6-14/h2-4,7H,5-6H2,1H3,(H,13,16,17). The smallest absolute Gasteiger partial charge is 0.246 e. The lowest BCUT2D eigenvalue weighted by molar-refractivity contribution is -0.130. The number of hydrogen-bond acceptors (Lipinski definition) is 4. The summed E-state index contributed by atoms with van der Waals surface area (Å²) < 4.78 is 0. The lowest BCUT2D eigenvalue weighted by Gasteiger charge is -2.28. The van der Waals surface area contributed by atoms with Crippen LogP contribution in [0.2, 0.25) is 0 Å². The summed E-state index contributed by atoms with van der Waals surface area (Å²) in [6.07, 6.45) is 0.769. The first kappa shape index (κ1) is 11.3. The highest BCUT2D eigenvalue weighted by Gasteiger charge is 2.23. The Morgan fingerprint density at radius 1 is 1.24 bits per heavy atom. The molecule has 88 valence electrons. The molecule has 2 amide bonds. The molecule has 1 aromatic rings. The molecule has 0 atom stereocenters. The molecule has 5 heteroatoms. The second-order valence-electron chi connectivity index (χ2n) is 3.99. The number of aldehydes is 1. The molecular formula is C12H12N2O3. The fourth-order valence-electron chi connectivity index (χ4n) is 1.91. The van der Waals surface area contributed by atoms with Gasteiger partial charge in [0.2, 0.25) is 11.8 Å². The van der Waals surface area contributed by atoms with Crippen LogP contribution in [0.15, 0.2) is 18.2 Å². The third-order valence-electron chi connectivity index (χ3n) is 2.65. The monoisotopic (exact) mass is 232 g/mol. The van der Waals surface area contributed by atoms with Crippen molar-refractivity contribution in [1.82, 2.24) is 5.32 Å². The van der Waals surface area contributed by atoms with Crippen LogP contribution in [-0.4, -0.2) is 31.2 Å². The zero-order valence-corrected chi connectivity index (χ0v) is 9.40. The van der Waals surface area contributed by atoms with Crippen LogP contribution >= 0.6 is 0 Å². The summed E-state index contributed by atoms with van der Waals surface area (Å²) in [6.45, 7) is 2.17. The zero-order valence-electron chi connectivity index (χ0n) is 9.40. The van der Waals surface area contributed by atoms with Gasteiger partial charge in [-0.05, 0) is 30.7 Å². The lowest BCUT2D eigenvalue weighted by atomic mass is 10.1. The molecule has 1 saturated heterocycles. The van der Waals surface area contributed by atoms with Gasteiger partial charge in [0.05, 0.1) is 13.1 Å². The van der Waals surface area contributed by atoms with Gasteiger partial charge in [-0.3, -0.25) is 19.7 Å². The van der Waals surface area contributed by atoms with Crippen molar-refractivity contribution in [2.24, 2.45) is 0 Å². The van der Waals surface area contributed by atoms with Gasteiger partial charge in [0.15, 0.2) is 0 Å². The number of benzene rings is 1. The number of carbonyl (C=O) groups excluding carboxylic acids is 3. The Bertz CT molecular complexity index is 481. The summed E-state index contributed by atoms with van der Waals surface area (Å²) >= 11 is 0. The van der Waals surface area contributed by atoms with Crippen molar-refractivity contribution in [2.45, 2.75) is 6.92 Å². The maximum atomic E-state index is 11.3. The summed E-state index contributed by atoms with van der Waals surface area (Å²) in [7, 11) is 0. The molecule has 0 aliphatic carbocycles. The van der Waals surface area contributed by atoms with Crippen LogP contribution in [0, 0.1) is 6.92 Å². The maximum absolute atomic E-state index is 11.3. The minimum Gasteiger partial charge on any atom is -0.353 e. The molecule has 1 aliphatic rings. The first-order valence-electron chi connectivity index (χ1n) is 5.23. The van der Waals surface area contributed by atoms with Crippen LogP contribution in [0.5, 0.6) is 0 Å². The fraction of sp³-hybridized carbons (Fsp3) is 0.250. The number of imide groups is 1. The second-order valence-corrected chi connectivity index (χ2v) is 3.99. The van der Waals surface area contributed by atoms with Crippen LogP contribution in [0.1, 0.15) is 15.9 Å². The number of rotatable bonds is 2. The molecule has 0 unspecified atom stereocenters. The van der Waals surface area contributed by atoms with E-state index in [9.17, 15) is 14.4 Å². The number of nitrogens with zero attached hydrogens (tertiary/aromatic N) is 1. The molecule has 2 rings (SSSR count).